The molecular formula is C56H57N3O. The smallest absolute Gasteiger partial charge is 0.149 e. The maximum Gasteiger partial charge on any atom is 0.149 e. The van der Waals surface area contributed by atoms with Gasteiger partial charge in [0.2, 0.25) is 0 Å². The predicted octanol–water partition coefficient (Wildman–Crippen LogP) is 15.0. The molecular weight excluding hydrogens is 731 g/mol. The molecule has 8 rings (SSSR count). The topological polar surface area (TPSA) is 50.9 Å². The Morgan fingerprint density at radius 3 is 2.00 bits per heavy atom. The van der Waals surface area contributed by atoms with E-state index in [9.17, 15) is 5.11 Å². The molecule has 4 nitrogen and oxygen atoms in total. The molecule has 0 saturated heterocycles. The van der Waals surface area contributed by atoms with Gasteiger partial charge in [0.15, 0.2) is 0 Å². The summed E-state index contributed by atoms with van der Waals surface area (Å²) < 4.78 is 112. The second-order valence-corrected chi connectivity index (χ2v) is 17.7. The van der Waals surface area contributed by atoms with Crippen molar-refractivity contribution in [2.24, 2.45) is 0 Å². The Balaban J connectivity index is 1.37. The van der Waals surface area contributed by atoms with Crippen LogP contribution in [0.4, 0.5) is 0 Å². The second-order valence-electron chi connectivity index (χ2n) is 17.7. The number of imidazole rings is 1. The third-order valence-corrected chi connectivity index (χ3v) is 11.0. The molecule has 0 radical (unpaired) electrons. The van der Waals surface area contributed by atoms with Crippen LogP contribution < -0.4 is 0 Å². The van der Waals surface area contributed by atoms with E-state index in [4.69, 9.17) is 27.8 Å². The van der Waals surface area contributed by atoms with Gasteiger partial charge in [-0.15, -0.1) is 0 Å². The average molecular weight is 801 g/mol. The highest BCUT2D eigenvalue weighted by Gasteiger charge is 2.27. The van der Waals surface area contributed by atoms with Crippen molar-refractivity contribution in [2.45, 2.75) is 92.2 Å². The number of benzene rings is 6. The molecule has 0 amide bonds. The van der Waals surface area contributed by atoms with Crippen molar-refractivity contribution in [1.82, 2.24) is 14.5 Å². The Hall–Kier alpha value is -6.26. The van der Waals surface area contributed by atoms with Crippen LogP contribution >= 0.6 is 0 Å². The molecule has 0 bridgehead atoms. The summed E-state index contributed by atoms with van der Waals surface area (Å²) in [5, 5.41) is 11.8. The van der Waals surface area contributed by atoms with E-state index in [0.717, 1.165) is 50.1 Å². The number of fused-ring (bicyclic) bond motifs is 1. The van der Waals surface area contributed by atoms with E-state index in [1.807, 2.05) is 74.5 Å². The van der Waals surface area contributed by atoms with Gasteiger partial charge in [-0.05, 0) is 134 Å². The SMILES string of the molecule is [2H]c1c([2H])c(C(C([2H])([2H])[2H])(C([2H])([2H])[2H])C([2H])([2H])[2H])c([2H])c([2H])c1-c1ccnc(-c2cc(-c3cccc4c3nc(-c3cc(C)cc(C)c3O)n4-c3ccc(-c4ccccc4)cc3C(C)(C)C)cc(C(C)(C)C)c2)c1. The third kappa shape index (κ3) is 7.79. The Bertz CT molecular complexity index is 3400. The minimum Gasteiger partial charge on any atom is -0.507 e. The fraction of sp³-hybridized carbons (Fsp3) is 0.250. The molecule has 0 aliphatic heterocycles. The zero-order valence-electron chi connectivity index (χ0n) is 48.3. The quantitative estimate of drug-likeness (QED) is 0.182. The number of phenolic OH excluding ortho intramolecular Hbond substituents is 1. The predicted molar refractivity (Wildman–Crippen MR) is 253 cm³/mol. The van der Waals surface area contributed by atoms with Gasteiger partial charge in [-0.25, -0.2) is 4.98 Å². The number of nitrogens with zero attached hydrogens (tertiary/aromatic N) is 3. The number of aryl methyl sites for hydroxylation is 2. The van der Waals surface area contributed by atoms with Crippen LogP contribution in [0.3, 0.4) is 0 Å². The van der Waals surface area contributed by atoms with Crippen molar-refractivity contribution >= 4 is 11.0 Å². The highest BCUT2D eigenvalue weighted by atomic mass is 16.3. The summed E-state index contributed by atoms with van der Waals surface area (Å²) in [6.45, 7) is 5.21. The number of hydrogen-bond acceptors (Lipinski definition) is 3. The van der Waals surface area contributed by atoms with Crippen molar-refractivity contribution in [1.29, 1.82) is 0 Å². The fourth-order valence-corrected chi connectivity index (χ4v) is 7.78. The first-order valence-corrected chi connectivity index (χ1v) is 20.1. The zero-order chi connectivity index (χ0) is 53.7. The summed E-state index contributed by atoms with van der Waals surface area (Å²) in [6, 6.07) is 31.8. The molecule has 302 valence electrons. The van der Waals surface area contributed by atoms with Crippen LogP contribution in [-0.4, -0.2) is 19.6 Å². The van der Waals surface area contributed by atoms with Gasteiger partial charge in [0.25, 0.3) is 0 Å². The van der Waals surface area contributed by atoms with Crippen LogP contribution in [0.1, 0.15) is 108 Å². The summed E-state index contributed by atoms with van der Waals surface area (Å²) in [6.07, 6.45) is 1.44. The van der Waals surface area contributed by atoms with Crippen LogP contribution in [0.25, 0.3) is 72.7 Å². The zero-order valence-corrected chi connectivity index (χ0v) is 35.3. The van der Waals surface area contributed by atoms with Crippen LogP contribution in [-0.2, 0) is 16.2 Å². The lowest BCUT2D eigenvalue weighted by atomic mass is 9.83. The molecule has 0 unspecified atom stereocenters. The van der Waals surface area contributed by atoms with E-state index >= 15 is 0 Å². The summed E-state index contributed by atoms with van der Waals surface area (Å²) in [4.78, 5) is 10.2. The van der Waals surface area contributed by atoms with Gasteiger partial charge in [-0.1, -0.05) is 147 Å². The van der Waals surface area contributed by atoms with E-state index in [1.165, 1.54) is 12.3 Å². The molecule has 0 aliphatic rings. The van der Waals surface area contributed by atoms with E-state index in [-0.39, 0.29) is 22.3 Å². The first-order valence-electron chi connectivity index (χ1n) is 26.6. The summed E-state index contributed by atoms with van der Waals surface area (Å²) in [5.41, 5.74) is 5.39. The fourth-order valence-electron chi connectivity index (χ4n) is 7.78. The molecule has 8 aromatic rings. The number of aromatic nitrogens is 3. The van der Waals surface area contributed by atoms with Gasteiger partial charge in [0, 0.05) is 29.7 Å². The first-order chi connectivity index (χ1) is 33.8. The third-order valence-electron chi connectivity index (χ3n) is 11.0. The Kier molecular flexibility index (Phi) is 6.91. The molecule has 1 N–H and O–H groups in total. The van der Waals surface area contributed by atoms with E-state index < -0.39 is 61.1 Å². The van der Waals surface area contributed by atoms with Gasteiger partial charge in [0.1, 0.15) is 11.6 Å². The maximum absolute atomic E-state index is 11.8. The van der Waals surface area contributed by atoms with Gasteiger partial charge in [-0.3, -0.25) is 9.55 Å². The average Bonchev–Trinajstić information content (AvgIpc) is 3.68. The molecule has 2 aromatic heterocycles. The van der Waals surface area contributed by atoms with Crippen LogP contribution in [0, 0.1) is 13.8 Å². The van der Waals surface area contributed by atoms with E-state index in [0.29, 0.717) is 33.7 Å². The molecule has 0 saturated carbocycles. The van der Waals surface area contributed by atoms with Crippen LogP contribution in [0.5, 0.6) is 5.75 Å². The van der Waals surface area contributed by atoms with E-state index in [2.05, 4.69) is 82.5 Å². The molecule has 6 aromatic carbocycles. The molecule has 60 heavy (non-hydrogen) atoms. The molecule has 0 atom stereocenters. The normalized spacial score (nSPS) is 16.1. The van der Waals surface area contributed by atoms with Gasteiger partial charge in [0.05, 0.1) is 33.5 Å². The van der Waals surface area contributed by atoms with Gasteiger partial charge < -0.3 is 5.11 Å². The number of rotatable bonds is 6. The standard InChI is InChI=1S/C56H57N3O/c1-35-28-36(2)52(60)46(29-35)53-58-51-45(18-15-19-50(51)59(53)49-25-22-39(33-47(49)56(9,10)11)37-16-13-12-14-17-37)41-30-42(32-44(31-41)55(6,7)8)48-34-40(26-27-57-48)38-20-23-43(24-21-38)54(3,4)5/h12-34,60H,1-11H3/i3D3,4D3,5D3,20D,21D,23D,24D. The molecule has 0 spiro atoms. The number of para-hydroxylation sites is 1. The molecule has 0 aliphatic carbocycles. The van der Waals surface area contributed by atoms with Gasteiger partial charge in [-0.2, -0.15) is 0 Å². The molecule has 4 heteroatoms. The van der Waals surface area contributed by atoms with E-state index in [1.54, 1.807) is 6.07 Å². The van der Waals surface area contributed by atoms with Crippen molar-refractivity contribution in [3.63, 3.8) is 0 Å². The number of aromatic hydroxyl groups is 1. The van der Waals surface area contributed by atoms with Crippen molar-refractivity contribution < 1.29 is 22.9 Å². The Labute approximate surface area is 374 Å². The highest BCUT2D eigenvalue weighted by Crippen LogP contribution is 2.43. The maximum atomic E-state index is 11.8. The number of phenols is 1. The summed E-state index contributed by atoms with van der Waals surface area (Å²) in [5.74, 6) is 0.665. The van der Waals surface area contributed by atoms with Crippen molar-refractivity contribution in [3.05, 3.63) is 167 Å². The lowest BCUT2D eigenvalue weighted by Gasteiger charge is -2.26. The molecule has 0 fully saturated rings. The monoisotopic (exact) mass is 801 g/mol. The van der Waals surface area contributed by atoms with Crippen molar-refractivity contribution in [3.8, 4) is 67.5 Å². The number of hydrogen-bond donors (Lipinski definition) is 1. The highest BCUT2D eigenvalue weighted by molar-refractivity contribution is 5.97. The summed E-state index contributed by atoms with van der Waals surface area (Å²) in [7, 11) is 0. The Morgan fingerprint density at radius 2 is 1.30 bits per heavy atom. The minimum atomic E-state index is -3.80. The number of pyridine rings is 1. The van der Waals surface area contributed by atoms with Crippen molar-refractivity contribution in [2.75, 3.05) is 0 Å². The second kappa shape index (κ2) is 15.1. The largest absolute Gasteiger partial charge is 0.507 e. The lowest BCUT2D eigenvalue weighted by molar-refractivity contribution is 0.472. The van der Waals surface area contributed by atoms with Crippen LogP contribution in [0.15, 0.2) is 140 Å². The van der Waals surface area contributed by atoms with Gasteiger partial charge >= 0.3 is 0 Å². The minimum absolute atomic E-state index is 0.118. The first kappa shape index (κ1) is 27.5. The molecule has 2 heterocycles. The summed E-state index contributed by atoms with van der Waals surface area (Å²) >= 11 is 0. The van der Waals surface area contributed by atoms with Crippen LogP contribution in [0.2, 0.25) is 0 Å². The lowest BCUT2D eigenvalue weighted by Crippen LogP contribution is -2.16. The Morgan fingerprint density at radius 1 is 0.583 bits per heavy atom.